The van der Waals surface area contributed by atoms with Crippen molar-refractivity contribution < 1.29 is 14.4 Å². The van der Waals surface area contributed by atoms with Gasteiger partial charge in [-0.25, -0.2) is 0 Å². The minimum absolute atomic E-state index is 0.0498. The largest absolute Gasteiger partial charge is 0.322 e. The van der Waals surface area contributed by atoms with E-state index in [-0.39, 0.29) is 17.6 Å². The van der Waals surface area contributed by atoms with E-state index >= 15 is 0 Å². The van der Waals surface area contributed by atoms with Gasteiger partial charge in [0.25, 0.3) is 11.8 Å². The second-order valence-corrected chi connectivity index (χ2v) is 8.45. The molecule has 0 saturated carbocycles. The molecule has 0 atom stereocenters. The number of benzene rings is 4. The second-order valence-electron chi connectivity index (χ2n) is 8.45. The predicted octanol–water partition coefficient (Wildman–Crippen LogP) is 6.23. The fourth-order valence-corrected chi connectivity index (χ4v) is 4.42. The molecule has 2 amide bonds. The van der Waals surface area contributed by atoms with Crippen molar-refractivity contribution in [2.75, 3.05) is 16.8 Å². The van der Waals surface area contributed by atoms with E-state index in [0.29, 0.717) is 53.0 Å². The van der Waals surface area contributed by atoms with E-state index in [2.05, 4.69) is 5.32 Å². The quantitative estimate of drug-likeness (QED) is 0.393. The van der Waals surface area contributed by atoms with E-state index in [1.54, 1.807) is 29.2 Å². The summed E-state index contributed by atoms with van der Waals surface area (Å²) >= 11 is 0. The lowest BCUT2D eigenvalue weighted by molar-refractivity contribution is 0.0973. The number of amides is 2. The van der Waals surface area contributed by atoms with Crippen LogP contribution in [0.5, 0.6) is 0 Å². The smallest absolute Gasteiger partial charge is 0.258 e. The molecule has 172 valence electrons. The first-order chi connectivity index (χ1) is 17.1. The molecule has 0 aromatic heterocycles. The Hall–Kier alpha value is -4.51. The SMILES string of the molecule is O=C(Nc1ccccc1)c1ccc(C(=O)N2CCCC(=O)c3ccccc32)cc1-c1ccccc1. The summed E-state index contributed by atoms with van der Waals surface area (Å²) < 4.78 is 0. The first-order valence-electron chi connectivity index (χ1n) is 11.6. The number of hydrogen-bond donors (Lipinski definition) is 1. The average molecular weight is 461 g/mol. The van der Waals surface area contributed by atoms with Crippen molar-refractivity contribution in [2.24, 2.45) is 0 Å². The van der Waals surface area contributed by atoms with Crippen molar-refractivity contribution in [1.82, 2.24) is 0 Å². The summed E-state index contributed by atoms with van der Waals surface area (Å²) in [7, 11) is 0. The molecule has 0 unspecified atom stereocenters. The van der Waals surface area contributed by atoms with Crippen LogP contribution in [-0.2, 0) is 0 Å². The number of nitrogens with one attached hydrogen (secondary N) is 1. The third kappa shape index (κ3) is 4.62. The molecule has 1 aliphatic rings. The Kier molecular flexibility index (Phi) is 6.22. The zero-order valence-electron chi connectivity index (χ0n) is 19.1. The first-order valence-corrected chi connectivity index (χ1v) is 11.6. The molecule has 0 saturated heterocycles. The van der Waals surface area contributed by atoms with E-state index < -0.39 is 0 Å². The normalized spacial score (nSPS) is 13.0. The van der Waals surface area contributed by atoms with Gasteiger partial charge in [0.2, 0.25) is 0 Å². The summed E-state index contributed by atoms with van der Waals surface area (Å²) in [4.78, 5) is 41.1. The van der Waals surface area contributed by atoms with Crippen LogP contribution in [0.15, 0.2) is 103 Å². The molecule has 35 heavy (non-hydrogen) atoms. The van der Waals surface area contributed by atoms with Crippen LogP contribution in [0.1, 0.15) is 43.9 Å². The van der Waals surface area contributed by atoms with Crippen molar-refractivity contribution in [1.29, 1.82) is 0 Å². The number of carbonyl (C=O) groups is 3. The molecular weight excluding hydrogens is 436 g/mol. The van der Waals surface area contributed by atoms with Gasteiger partial charge in [0.15, 0.2) is 5.78 Å². The maximum Gasteiger partial charge on any atom is 0.258 e. The van der Waals surface area contributed by atoms with Crippen LogP contribution < -0.4 is 10.2 Å². The van der Waals surface area contributed by atoms with Crippen LogP contribution in [0.3, 0.4) is 0 Å². The van der Waals surface area contributed by atoms with E-state index in [1.807, 2.05) is 78.9 Å². The fraction of sp³-hybridized carbons (Fsp3) is 0.100. The molecule has 1 heterocycles. The van der Waals surface area contributed by atoms with Crippen molar-refractivity contribution >= 4 is 29.0 Å². The Labute approximate surface area is 204 Å². The standard InChI is InChI=1S/C30H24N2O3/c33-28-16-9-19-32(27-15-8-7-14-25(27)28)30(35)22-17-18-24(26(20-22)21-10-3-1-4-11-21)29(34)31-23-12-5-2-6-13-23/h1-8,10-15,17-18,20H,9,16,19H2,(H,31,34). The monoisotopic (exact) mass is 460 g/mol. The van der Waals surface area contributed by atoms with Gasteiger partial charge >= 0.3 is 0 Å². The third-order valence-corrected chi connectivity index (χ3v) is 6.15. The minimum Gasteiger partial charge on any atom is -0.322 e. The van der Waals surface area contributed by atoms with Gasteiger partial charge in [0, 0.05) is 35.3 Å². The fourth-order valence-electron chi connectivity index (χ4n) is 4.42. The Morgan fingerprint density at radius 2 is 1.43 bits per heavy atom. The Balaban J connectivity index is 1.54. The summed E-state index contributed by atoms with van der Waals surface area (Å²) in [6, 6.07) is 31.2. The van der Waals surface area contributed by atoms with Crippen molar-refractivity contribution in [3.05, 3.63) is 120 Å². The highest BCUT2D eigenvalue weighted by Crippen LogP contribution is 2.30. The summed E-state index contributed by atoms with van der Waals surface area (Å²) in [5.74, 6) is -0.395. The molecule has 4 aromatic carbocycles. The highest BCUT2D eigenvalue weighted by molar-refractivity contribution is 6.14. The number of para-hydroxylation sites is 2. The molecule has 4 aromatic rings. The van der Waals surface area contributed by atoms with Gasteiger partial charge in [-0.05, 0) is 60.0 Å². The van der Waals surface area contributed by atoms with Gasteiger partial charge in [-0.2, -0.15) is 0 Å². The number of ketones is 1. The van der Waals surface area contributed by atoms with Crippen molar-refractivity contribution in [3.63, 3.8) is 0 Å². The van der Waals surface area contributed by atoms with Crippen molar-refractivity contribution in [2.45, 2.75) is 12.8 Å². The van der Waals surface area contributed by atoms with Gasteiger partial charge in [0.1, 0.15) is 0 Å². The molecule has 5 nitrogen and oxygen atoms in total. The zero-order valence-corrected chi connectivity index (χ0v) is 19.1. The molecule has 5 heteroatoms. The molecule has 0 spiro atoms. The van der Waals surface area contributed by atoms with Crippen molar-refractivity contribution in [3.8, 4) is 11.1 Å². The molecule has 0 radical (unpaired) electrons. The van der Waals surface area contributed by atoms with Crippen LogP contribution in [0.2, 0.25) is 0 Å². The van der Waals surface area contributed by atoms with Crippen LogP contribution >= 0.6 is 0 Å². The average Bonchev–Trinajstić information content (AvgIpc) is 3.08. The number of anilines is 2. The number of nitrogens with zero attached hydrogens (tertiary/aromatic N) is 1. The van der Waals surface area contributed by atoms with E-state index in [1.165, 1.54) is 0 Å². The number of fused-ring (bicyclic) bond motifs is 1. The van der Waals surface area contributed by atoms with E-state index in [4.69, 9.17) is 0 Å². The Morgan fingerprint density at radius 3 is 2.20 bits per heavy atom. The first kappa shape index (κ1) is 22.3. The number of rotatable bonds is 4. The number of Topliss-reactive ketones (excluding diaryl/α,β-unsaturated/α-hetero) is 1. The van der Waals surface area contributed by atoms with Gasteiger partial charge in [-0.3, -0.25) is 14.4 Å². The number of hydrogen-bond acceptors (Lipinski definition) is 3. The molecule has 5 rings (SSSR count). The summed E-state index contributed by atoms with van der Waals surface area (Å²) in [6.45, 7) is 0.457. The predicted molar refractivity (Wildman–Crippen MR) is 138 cm³/mol. The lowest BCUT2D eigenvalue weighted by Crippen LogP contribution is -2.32. The van der Waals surface area contributed by atoms with Crippen LogP contribution in [-0.4, -0.2) is 24.1 Å². The molecule has 1 aliphatic heterocycles. The van der Waals surface area contributed by atoms with Crippen LogP contribution in [0, 0.1) is 0 Å². The summed E-state index contributed by atoms with van der Waals surface area (Å²) in [5.41, 5.74) is 4.35. The molecule has 0 bridgehead atoms. The van der Waals surface area contributed by atoms with Gasteiger partial charge in [0.05, 0.1) is 5.69 Å². The highest BCUT2D eigenvalue weighted by atomic mass is 16.2. The maximum absolute atomic E-state index is 13.7. The third-order valence-electron chi connectivity index (χ3n) is 6.15. The van der Waals surface area contributed by atoms with Crippen LogP contribution in [0.25, 0.3) is 11.1 Å². The zero-order chi connectivity index (χ0) is 24.2. The number of carbonyl (C=O) groups excluding carboxylic acids is 3. The Bertz CT molecular complexity index is 1400. The van der Waals surface area contributed by atoms with Crippen LogP contribution in [0.4, 0.5) is 11.4 Å². The minimum atomic E-state index is -0.250. The molecular formula is C30H24N2O3. The topological polar surface area (TPSA) is 66.5 Å². The molecule has 0 fully saturated rings. The molecule has 0 aliphatic carbocycles. The van der Waals surface area contributed by atoms with Gasteiger partial charge in [-0.1, -0.05) is 60.7 Å². The maximum atomic E-state index is 13.7. The molecule has 1 N–H and O–H groups in total. The second kappa shape index (κ2) is 9.77. The van der Waals surface area contributed by atoms with E-state index in [9.17, 15) is 14.4 Å². The summed E-state index contributed by atoms with van der Waals surface area (Å²) in [6.07, 6.45) is 1.01. The van der Waals surface area contributed by atoms with Gasteiger partial charge in [-0.15, -0.1) is 0 Å². The Morgan fingerprint density at radius 1 is 0.743 bits per heavy atom. The van der Waals surface area contributed by atoms with Gasteiger partial charge < -0.3 is 10.2 Å². The summed E-state index contributed by atoms with van der Waals surface area (Å²) in [5, 5.41) is 2.93. The lowest BCUT2D eigenvalue weighted by Gasteiger charge is -2.23. The highest BCUT2D eigenvalue weighted by Gasteiger charge is 2.26. The van der Waals surface area contributed by atoms with E-state index in [0.717, 1.165) is 5.56 Å². The lowest BCUT2D eigenvalue weighted by atomic mass is 9.96.